The van der Waals surface area contributed by atoms with E-state index >= 15 is 0 Å². The molecule has 1 aromatic rings. The Morgan fingerprint density at radius 3 is 2.40 bits per heavy atom. The van der Waals surface area contributed by atoms with Gasteiger partial charge in [-0.25, -0.2) is 4.79 Å². The number of rotatable bonds is 1. The molecule has 5 heteroatoms. The topological polar surface area (TPSA) is 35.6 Å². The second-order valence-electron chi connectivity index (χ2n) is 6.09. The lowest BCUT2D eigenvalue weighted by atomic mass is 10.1. The van der Waals surface area contributed by atoms with Gasteiger partial charge in [-0.3, -0.25) is 4.90 Å². The van der Waals surface area contributed by atoms with E-state index in [2.05, 4.69) is 46.9 Å². The molecule has 0 radical (unpaired) electrons. The van der Waals surface area contributed by atoms with E-state index in [1.807, 2.05) is 29.2 Å². The summed E-state index contributed by atoms with van der Waals surface area (Å²) in [6.07, 6.45) is 0. The number of hydrogen-bond acceptors (Lipinski definition) is 2. The van der Waals surface area contributed by atoms with E-state index in [4.69, 9.17) is 0 Å². The highest BCUT2D eigenvalue weighted by Gasteiger charge is 2.27. The van der Waals surface area contributed by atoms with Crippen LogP contribution in [-0.2, 0) is 0 Å². The average Bonchev–Trinajstić information content (AvgIpc) is 2.38. The summed E-state index contributed by atoms with van der Waals surface area (Å²) in [5, 5.41) is 2.94. The zero-order valence-electron chi connectivity index (χ0n) is 12.3. The van der Waals surface area contributed by atoms with Crippen molar-refractivity contribution in [1.82, 2.24) is 9.80 Å². The number of carbonyl (C=O) groups is 1. The van der Waals surface area contributed by atoms with Gasteiger partial charge in [-0.05, 0) is 39.0 Å². The molecule has 2 rings (SSSR count). The number of urea groups is 1. The minimum absolute atomic E-state index is 0.0170. The summed E-state index contributed by atoms with van der Waals surface area (Å²) in [5.41, 5.74) is 0.995. The Morgan fingerprint density at radius 2 is 1.85 bits per heavy atom. The van der Waals surface area contributed by atoms with Gasteiger partial charge in [-0.15, -0.1) is 0 Å². The largest absolute Gasteiger partial charge is 0.322 e. The molecule has 1 saturated heterocycles. The van der Waals surface area contributed by atoms with Crippen molar-refractivity contribution in [2.24, 2.45) is 0 Å². The van der Waals surface area contributed by atoms with Gasteiger partial charge in [0.15, 0.2) is 0 Å². The third-order valence-corrected chi connectivity index (χ3v) is 4.08. The summed E-state index contributed by atoms with van der Waals surface area (Å²) < 4.78 is 0.966. The Kier molecular flexibility index (Phi) is 4.70. The van der Waals surface area contributed by atoms with Crippen LogP contribution in [0.5, 0.6) is 0 Å². The van der Waals surface area contributed by atoms with Gasteiger partial charge < -0.3 is 10.2 Å². The van der Waals surface area contributed by atoms with Gasteiger partial charge in [-0.1, -0.05) is 22.0 Å². The van der Waals surface area contributed by atoms with Crippen molar-refractivity contribution in [2.75, 3.05) is 31.5 Å². The molecule has 4 nitrogen and oxygen atoms in total. The number of halogens is 1. The monoisotopic (exact) mass is 339 g/mol. The van der Waals surface area contributed by atoms with Crippen molar-refractivity contribution in [3.8, 4) is 0 Å². The van der Waals surface area contributed by atoms with Gasteiger partial charge in [0.2, 0.25) is 0 Å². The minimum atomic E-state index is -0.0170. The first-order valence-electron chi connectivity index (χ1n) is 6.93. The predicted octanol–water partition coefficient (Wildman–Crippen LogP) is 3.40. The molecule has 110 valence electrons. The molecule has 0 spiro atoms. The van der Waals surface area contributed by atoms with Crippen molar-refractivity contribution < 1.29 is 4.79 Å². The number of carbonyl (C=O) groups excluding carboxylic acids is 1. The smallest absolute Gasteiger partial charge is 0.321 e. The van der Waals surface area contributed by atoms with Crippen LogP contribution < -0.4 is 5.32 Å². The SMILES string of the molecule is CC(C)(C)N1CCN(C(=O)Nc2cccc(Br)c2)CC1. The van der Waals surface area contributed by atoms with Crippen LogP contribution in [0.15, 0.2) is 28.7 Å². The van der Waals surface area contributed by atoms with Crippen LogP contribution >= 0.6 is 15.9 Å². The summed E-state index contributed by atoms with van der Waals surface area (Å²) in [7, 11) is 0. The van der Waals surface area contributed by atoms with Crippen LogP contribution in [-0.4, -0.2) is 47.5 Å². The van der Waals surface area contributed by atoms with E-state index in [1.54, 1.807) is 0 Å². The summed E-state index contributed by atoms with van der Waals surface area (Å²) in [4.78, 5) is 16.5. The number of anilines is 1. The maximum Gasteiger partial charge on any atom is 0.321 e. The minimum Gasteiger partial charge on any atom is -0.322 e. The van der Waals surface area contributed by atoms with E-state index in [1.165, 1.54) is 0 Å². The third-order valence-electron chi connectivity index (χ3n) is 3.59. The molecule has 1 N–H and O–H groups in total. The van der Waals surface area contributed by atoms with Gasteiger partial charge in [0.1, 0.15) is 0 Å². The molecule has 1 aliphatic rings. The molecule has 0 bridgehead atoms. The molecular weight excluding hydrogens is 318 g/mol. The lowest BCUT2D eigenvalue weighted by Crippen LogP contribution is -2.55. The van der Waals surface area contributed by atoms with Crippen molar-refractivity contribution >= 4 is 27.6 Å². The third kappa shape index (κ3) is 3.96. The lowest BCUT2D eigenvalue weighted by Gasteiger charge is -2.42. The van der Waals surface area contributed by atoms with Gasteiger partial charge in [-0.2, -0.15) is 0 Å². The molecule has 0 saturated carbocycles. The lowest BCUT2D eigenvalue weighted by molar-refractivity contribution is 0.0774. The van der Waals surface area contributed by atoms with Crippen LogP contribution in [0, 0.1) is 0 Å². The Morgan fingerprint density at radius 1 is 1.20 bits per heavy atom. The van der Waals surface area contributed by atoms with Crippen molar-refractivity contribution in [2.45, 2.75) is 26.3 Å². The van der Waals surface area contributed by atoms with Gasteiger partial charge >= 0.3 is 6.03 Å². The molecule has 0 aromatic heterocycles. The average molecular weight is 340 g/mol. The van der Waals surface area contributed by atoms with Crippen molar-refractivity contribution in [3.05, 3.63) is 28.7 Å². The number of amides is 2. The molecule has 0 aliphatic carbocycles. The van der Waals surface area contributed by atoms with Crippen LogP contribution in [0.25, 0.3) is 0 Å². The summed E-state index contributed by atoms with van der Waals surface area (Å²) in [5.74, 6) is 0. The van der Waals surface area contributed by atoms with Crippen LogP contribution in [0.3, 0.4) is 0 Å². The number of benzene rings is 1. The maximum atomic E-state index is 12.2. The zero-order chi connectivity index (χ0) is 14.8. The maximum absolute atomic E-state index is 12.2. The van der Waals surface area contributed by atoms with E-state index in [-0.39, 0.29) is 11.6 Å². The number of hydrogen-bond donors (Lipinski definition) is 1. The van der Waals surface area contributed by atoms with Crippen LogP contribution in [0.1, 0.15) is 20.8 Å². The number of nitrogens with zero attached hydrogens (tertiary/aromatic N) is 2. The fourth-order valence-corrected chi connectivity index (χ4v) is 2.75. The normalized spacial score (nSPS) is 17.1. The molecule has 2 amide bonds. The fourth-order valence-electron chi connectivity index (χ4n) is 2.35. The first-order valence-corrected chi connectivity index (χ1v) is 7.72. The second-order valence-corrected chi connectivity index (χ2v) is 7.00. The molecule has 1 fully saturated rings. The second kappa shape index (κ2) is 6.14. The summed E-state index contributed by atoms with van der Waals surface area (Å²) in [6, 6.07) is 7.64. The highest BCUT2D eigenvalue weighted by Crippen LogP contribution is 2.18. The van der Waals surface area contributed by atoms with Crippen LogP contribution in [0.2, 0.25) is 0 Å². The van der Waals surface area contributed by atoms with Crippen molar-refractivity contribution in [1.29, 1.82) is 0 Å². The highest BCUT2D eigenvalue weighted by molar-refractivity contribution is 9.10. The standard InChI is InChI=1S/C15H22BrN3O/c1-15(2,3)19-9-7-18(8-10-19)14(20)17-13-6-4-5-12(16)11-13/h4-6,11H,7-10H2,1-3H3,(H,17,20). The van der Waals surface area contributed by atoms with Crippen molar-refractivity contribution in [3.63, 3.8) is 0 Å². The predicted molar refractivity (Wildman–Crippen MR) is 86.1 cm³/mol. The molecule has 0 unspecified atom stereocenters. The van der Waals surface area contributed by atoms with E-state index in [0.717, 1.165) is 36.3 Å². The Bertz CT molecular complexity index is 476. The molecule has 1 aromatic carbocycles. The summed E-state index contributed by atoms with van der Waals surface area (Å²) >= 11 is 3.41. The van der Waals surface area contributed by atoms with E-state index in [0.29, 0.717) is 0 Å². The highest BCUT2D eigenvalue weighted by atomic mass is 79.9. The Hall–Kier alpha value is -1.07. The number of nitrogens with one attached hydrogen (secondary N) is 1. The van der Waals surface area contributed by atoms with Crippen LogP contribution in [0.4, 0.5) is 10.5 Å². The fraction of sp³-hybridized carbons (Fsp3) is 0.533. The Balaban J connectivity index is 1.89. The van der Waals surface area contributed by atoms with Gasteiger partial charge in [0.25, 0.3) is 0 Å². The first kappa shape index (κ1) is 15.3. The molecule has 1 heterocycles. The quantitative estimate of drug-likeness (QED) is 0.851. The zero-order valence-corrected chi connectivity index (χ0v) is 13.9. The van der Waals surface area contributed by atoms with E-state index in [9.17, 15) is 4.79 Å². The summed E-state index contributed by atoms with van der Waals surface area (Å²) in [6.45, 7) is 10.0. The van der Waals surface area contributed by atoms with Gasteiger partial charge in [0.05, 0.1) is 0 Å². The molecule has 0 atom stereocenters. The molecule has 20 heavy (non-hydrogen) atoms. The van der Waals surface area contributed by atoms with Gasteiger partial charge in [0, 0.05) is 41.9 Å². The van der Waals surface area contributed by atoms with E-state index < -0.39 is 0 Å². The Labute approximate surface area is 129 Å². The molecule has 1 aliphatic heterocycles. The molecular formula is C15H22BrN3O. The first-order chi connectivity index (χ1) is 9.36. The number of piperazine rings is 1.